The molecule has 6 heteroatoms. The van der Waals surface area contributed by atoms with E-state index in [0.717, 1.165) is 32.5 Å². The molecule has 1 fully saturated rings. The predicted octanol–water partition coefficient (Wildman–Crippen LogP) is 2.09. The van der Waals surface area contributed by atoms with Crippen LogP contribution in [0.15, 0.2) is 17.5 Å². The molecule has 1 aromatic rings. The van der Waals surface area contributed by atoms with Crippen LogP contribution >= 0.6 is 11.3 Å². The Labute approximate surface area is 142 Å². The maximum absolute atomic E-state index is 12.6. The average Bonchev–Trinajstić information content (AvgIpc) is 3.04. The van der Waals surface area contributed by atoms with Crippen molar-refractivity contribution in [2.24, 2.45) is 0 Å². The Balaban J connectivity index is 2.00. The summed E-state index contributed by atoms with van der Waals surface area (Å²) in [5.74, 6) is 0.0619. The van der Waals surface area contributed by atoms with Crippen LogP contribution in [0.25, 0.3) is 0 Å². The number of hydrogen-bond donors (Lipinski definition) is 1. The number of carbonyl (C=O) groups excluding carboxylic acids is 2. The number of amides is 2. The molecule has 1 aliphatic heterocycles. The lowest BCUT2D eigenvalue weighted by atomic mass is 10.1. The largest absolute Gasteiger partial charge is 0.353 e. The highest BCUT2D eigenvalue weighted by atomic mass is 32.1. The fourth-order valence-electron chi connectivity index (χ4n) is 2.88. The van der Waals surface area contributed by atoms with E-state index < -0.39 is 0 Å². The molecule has 1 atom stereocenters. The third-order valence-electron chi connectivity index (χ3n) is 4.26. The van der Waals surface area contributed by atoms with E-state index in [2.05, 4.69) is 23.2 Å². The van der Waals surface area contributed by atoms with Gasteiger partial charge in [-0.05, 0) is 24.8 Å². The molecule has 1 saturated heterocycles. The summed E-state index contributed by atoms with van der Waals surface area (Å²) in [6.45, 7) is 7.80. The molecule has 0 saturated carbocycles. The lowest BCUT2D eigenvalue weighted by molar-refractivity contribution is -0.139. The van der Waals surface area contributed by atoms with E-state index in [1.807, 2.05) is 23.3 Å². The van der Waals surface area contributed by atoms with Crippen LogP contribution in [0, 0.1) is 0 Å². The van der Waals surface area contributed by atoms with Crippen LogP contribution in [-0.2, 0) is 16.1 Å². The molecule has 5 nitrogen and oxygen atoms in total. The van der Waals surface area contributed by atoms with Crippen LogP contribution in [0.1, 0.15) is 38.0 Å². The molecule has 1 N–H and O–H groups in total. The van der Waals surface area contributed by atoms with Crippen molar-refractivity contribution in [3.05, 3.63) is 22.4 Å². The highest BCUT2D eigenvalue weighted by molar-refractivity contribution is 7.09. The van der Waals surface area contributed by atoms with E-state index >= 15 is 0 Å². The van der Waals surface area contributed by atoms with Gasteiger partial charge in [0.25, 0.3) is 0 Å². The summed E-state index contributed by atoms with van der Waals surface area (Å²) in [5, 5.41) is 4.94. The van der Waals surface area contributed by atoms with Gasteiger partial charge in [0.05, 0.1) is 12.5 Å². The van der Waals surface area contributed by atoms with Gasteiger partial charge in [-0.1, -0.05) is 19.4 Å². The molecule has 0 aliphatic carbocycles. The Hall–Kier alpha value is -1.40. The zero-order valence-corrected chi connectivity index (χ0v) is 14.9. The summed E-state index contributed by atoms with van der Waals surface area (Å²) in [6, 6.07) is 3.75. The topological polar surface area (TPSA) is 52.7 Å². The highest BCUT2D eigenvalue weighted by Crippen LogP contribution is 2.18. The second-order valence-electron chi connectivity index (χ2n) is 5.89. The van der Waals surface area contributed by atoms with Crippen molar-refractivity contribution in [2.75, 3.05) is 26.2 Å². The lowest BCUT2D eigenvalue weighted by Gasteiger charge is -2.35. The standard InChI is InChI=1S/C17H27N3O2S/c1-3-5-9-19(4-2)16(21)12-15-17(22)18-8-10-20(15)13-14-7-6-11-23-14/h6-7,11,15H,3-5,8-10,12-13H2,1-2H3,(H,18,22)/t15-/m0/s1. The van der Waals surface area contributed by atoms with E-state index in [-0.39, 0.29) is 24.3 Å². The molecule has 0 spiro atoms. The van der Waals surface area contributed by atoms with Crippen LogP contribution in [0.3, 0.4) is 0 Å². The highest BCUT2D eigenvalue weighted by Gasteiger charge is 2.32. The minimum absolute atomic E-state index is 0.0206. The average molecular weight is 337 g/mol. The normalized spacial score (nSPS) is 18.7. The first-order chi connectivity index (χ1) is 11.2. The minimum atomic E-state index is -0.353. The first-order valence-corrected chi connectivity index (χ1v) is 9.35. The smallest absolute Gasteiger partial charge is 0.237 e. The van der Waals surface area contributed by atoms with E-state index in [4.69, 9.17) is 0 Å². The summed E-state index contributed by atoms with van der Waals surface area (Å²) in [5.41, 5.74) is 0. The fourth-order valence-corrected chi connectivity index (χ4v) is 3.61. The van der Waals surface area contributed by atoms with Gasteiger partial charge in [-0.2, -0.15) is 0 Å². The Morgan fingerprint density at radius 2 is 2.30 bits per heavy atom. The number of rotatable bonds is 8. The third kappa shape index (κ3) is 5.04. The van der Waals surface area contributed by atoms with Crippen molar-refractivity contribution in [2.45, 2.75) is 45.7 Å². The van der Waals surface area contributed by atoms with Gasteiger partial charge < -0.3 is 10.2 Å². The maximum Gasteiger partial charge on any atom is 0.237 e. The van der Waals surface area contributed by atoms with Gasteiger partial charge in [-0.15, -0.1) is 11.3 Å². The Kier molecular flexibility index (Phi) is 7.05. The van der Waals surface area contributed by atoms with Gasteiger partial charge in [-0.3, -0.25) is 14.5 Å². The molecule has 0 radical (unpaired) electrons. The molecule has 0 unspecified atom stereocenters. The van der Waals surface area contributed by atoms with Gasteiger partial charge >= 0.3 is 0 Å². The zero-order valence-electron chi connectivity index (χ0n) is 14.1. The quantitative estimate of drug-likeness (QED) is 0.790. The molecular weight excluding hydrogens is 310 g/mol. The molecule has 23 heavy (non-hydrogen) atoms. The molecule has 0 bridgehead atoms. The fraction of sp³-hybridized carbons (Fsp3) is 0.647. The Bertz CT molecular complexity index is 504. The summed E-state index contributed by atoms with van der Waals surface area (Å²) in [4.78, 5) is 30.1. The second-order valence-corrected chi connectivity index (χ2v) is 6.92. The van der Waals surface area contributed by atoms with Crippen molar-refractivity contribution in [1.29, 1.82) is 0 Å². The van der Waals surface area contributed by atoms with Crippen LogP contribution in [0.4, 0.5) is 0 Å². The summed E-state index contributed by atoms with van der Waals surface area (Å²) >= 11 is 1.69. The molecule has 2 amide bonds. The van der Waals surface area contributed by atoms with Crippen molar-refractivity contribution >= 4 is 23.2 Å². The van der Waals surface area contributed by atoms with Gasteiger partial charge in [0.2, 0.25) is 11.8 Å². The molecule has 2 heterocycles. The number of nitrogens with one attached hydrogen (secondary N) is 1. The van der Waals surface area contributed by atoms with Crippen LogP contribution in [-0.4, -0.2) is 53.8 Å². The third-order valence-corrected chi connectivity index (χ3v) is 5.13. The van der Waals surface area contributed by atoms with E-state index in [1.165, 1.54) is 4.88 Å². The molecular formula is C17H27N3O2S. The summed E-state index contributed by atoms with van der Waals surface area (Å²) in [7, 11) is 0. The second kappa shape index (κ2) is 9.03. The molecule has 1 aliphatic rings. The molecule has 2 rings (SSSR count). The van der Waals surface area contributed by atoms with Gasteiger partial charge in [0.15, 0.2) is 0 Å². The number of unbranched alkanes of at least 4 members (excludes halogenated alkanes) is 1. The van der Waals surface area contributed by atoms with E-state index in [9.17, 15) is 9.59 Å². The lowest BCUT2D eigenvalue weighted by Crippen LogP contribution is -2.56. The van der Waals surface area contributed by atoms with Crippen molar-refractivity contribution in [1.82, 2.24) is 15.1 Å². The van der Waals surface area contributed by atoms with Gasteiger partial charge in [0.1, 0.15) is 0 Å². The summed E-state index contributed by atoms with van der Waals surface area (Å²) in [6.07, 6.45) is 2.35. The monoisotopic (exact) mass is 337 g/mol. The number of carbonyl (C=O) groups is 2. The van der Waals surface area contributed by atoms with E-state index in [1.54, 1.807) is 11.3 Å². The van der Waals surface area contributed by atoms with Crippen molar-refractivity contribution in [3.8, 4) is 0 Å². The Morgan fingerprint density at radius 1 is 1.48 bits per heavy atom. The zero-order chi connectivity index (χ0) is 16.7. The van der Waals surface area contributed by atoms with Gasteiger partial charge in [-0.25, -0.2) is 0 Å². The van der Waals surface area contributed by atoms with Crippen molar-refractivity contribution in [3.63, 3.8) is 0 Å². The Morgan fingerprint density at radius 3 is 2.96 bits per heavy atom. The first kappa shape index (κ1) is 17.9. The SMILES string of the molecule is CCCCN(CC)C(=O)C[C@H]1C(=O)NCCN1Cc1cccs1. The number of thiophene rings is 1. The van der Waals surface area contributed by atoms with Crippen LogP contribution < -0.4 is 5.32 Å². The summed E-state index contributed by atoms with van der Waals surface area (Å²) < 4.78 is 0. The molecule has 0 aromatic carbocycles. The molecule has 128 valence electrons. The number of nitrogens with zero attached hydrogens (tertiary/aromatic N) is 2. The van der Waals surface area contributed by atoms with Crippen molar-refractivity contribution < 1.29 is 9.59 Å². The number of piperazine rings is 1. The van der Waals surface area contributed by atoms with E-state index in [0.29, 0.717) is 13.1 Å². The molecule has 1 aromatic heterocycles. The van der Waals surface area contributed by atoms with Crippen LogP contribution in [0.2, 0.25) is 0 Å². The predicted molar refractivity (Wildman–Crippen MR) is 93.3 cm³/mol. The minimum Gasteiger partial charge on any atom is -0.353 e. The first-order valence-electron chi connectivity index (χ1n) is 8.47. The maximum atomic E-state index is 12.6. The van der Waals surface area contributed by atoms with Gasteiger partial charge in [0, 0.05) is 37.6 Å². The number of hydrogen-bond acceptors (Lipinski definition) is 4. The van der Waals surface area contributed by atoms with Crippen LogP contribution in [0.5, 0.6) is 0 Å².